The average Bonchev–Trinajstić information content (AvgIpc) is 3.13. The number of hydrogen-bond donors (Lipinski definition) is 1. The fourth-order valence-electron chi connectivity index (χ4n) is 2.32. The van der Waals surface area contributed by atoms with Crippen LogP contribution < -0.4 is 10.1 Å². The van der Waals surface area contributed by atoms with Crippen LogP contribution >= 0.6 is 0 Å². The Kier molecular flexibility index (Phi) is 4.43. The van der Waals surface area contributed by atoms with Crippen LogP contribution in [0.2, 0.25) is 0 Å². The first-order chi connectivity index (χ1) is 11.7. The molecule has 6 heteroatoms. The fourth-order valence-corrected chi connectivity index (χ4v) is 2.32. The summed E-state index contributed by atoms with van der Waals surface area (Å²) in [5.74, 6) is 0.486. The lowest BCUT2D eigenvalue weighted by atomic mass is 10.0. The Morgan fingerprint density at radius 3 is 2.58 bits per heavy atom. The van der Waals surface area contributed by atoms with Crippen molar-refractivity contribution in [1.29, 1.82) is 5.26 Å². The van der Waals surface area contributed by atoms with E-state index in [0.29, 0.717) is 17.7 Å². The van der Waals surface area contributed by atoms with Gasteiger partial charge >= 0.3 is 0 Å². The standard InChI is InChI=1S/C18H15N3O3/c1-23-15-8-4-13(5-9-15)16-10-17(24-21-16)18(22)20-14-6-2-12(11-19)3-7-14/h2-9,17H,10H2,1H3,(H,20,22). The fraction of sp³-hybridized carbons (Fsp3) is 0.167. The van der Waals surface area contributed by atoms with Gasteiger partial charge in [0.15, 0.2) is 0 Å². The van der Waals surface area contributed by atoms with Crippen molar-refractivity contribution in [2.24, 2.45) is 5.16 Å². The molecule has 1 unspecified atom stereocenters. The summed E-state index contributed by atoms with van der Waals surface area (Å²) in [6.07, 6.45) is -0.271. The van der Waals surface area contributed by atoms with Gasteiger partial charge in [-0.3, -0.25) is 4.79 Å². The molecule has 0 aliphatic carbocycles. The highest BCUT2D eigenvalue weighted by Crippen LogP contribution is 2.20. The van der Waals surface area contributed by atoms with Crippen LogP contribution in [0, 0.1) is 11.3 Å². The molecule has 2 aromatic carbocycles. The lowest BCUT2D eigenvalue weighted by Gasteiger charge is -2.09. The molecule has 6 nitrogen and oxygen atoms in total. The molecule has 0 bridgehead atoms. The van der Waals surface area contributed by atoms with Gasteiger partial charge in [-0.05, 0) is 54.1 Å². The van der Waals surface area contributed by atoms with E-state index in [2.05, 4.69) is 10.5 Å². The zero-order valence-electron chi connectivity index (χ0n) is 13.0. The molecule has 3 rings (SSSR count). The Bertz CT molecular complexity index is 805. The highest BCUT2D eigenvalue weighted by molar-refractivity contribution is 6.06. The molecule has 0 aromatic heterocycles. The Balaban J connectivity index is 1.61. The molecule has 24 heavy (non-hydrogen) atoms. The number of nitriles is 1. The third-order valence-corrected chi connectivity index (χ3v) is 3.67. The van der Waals surface area contributed by atoms with E-state index in [1.165, 1.54) is 0 Å². The van der Waals surface area contributed by atoms with Gasteiger partial charge in [0.25, 0.3) is 5.91 Å². The van der Waals surface area contributed by atoms with Gasteiger partial charge in [-0.1, -0.05) is 5.16 Å². The molecule has 1 aliphatic rings. The van der Waals surface area contributed by atoms with E-state index in [1.807, 2.05) is 30.3 Å². The predicted molar refractivity (Wildman–Crippen MR) is 88.8 cm³/mol. The smallest absolute Gasteiger partial charge is 0.268 e. The molecule has 1 aliphatic heterocycles. The lowest BCUT2D eigenvalue weighted by molar-refractivity contribution is -0.125. The Morgan fingerprint density at radius 1 is 1.25 bits per heavy atom. The molecule has 1 N–H and O–H groups in total. The van der Waals surface area contributed by atoms with Crippen LogP contribution in [0.15, 0.2) is 53.7 Å². The number of nitrogens with zero attached hydrogens (tertiary/aromatic N) is 2. The number of carbonyl (C=O) groups excluding carboxylic acids is 1. The second kappa shape index (κ2) is 6.84. The average molecular weight is 321 g/mol. The van der Waals surface area contributed by atoms with Crippen molar-refractivity contribution in [3.05, 3.63) is 59.7 Å². The summed E-state index contributed by atoms with van der Waals surface area (Å²) in [4.78, 5) is 17.5. The van der Waals surface area contributed by atoms with Crippen molar-refractivity contribution in [1.82, 2.24) is 0 Å². The van der Waals surface area contributed by atoms with Gasteiger partial charge in [-0.2, -0.15) is 5.26 Å². The molecule has 0 saturated carbocycles. The van der Waals surface area contributed by atoms with Crippen LogP contribution in [0.4, 0.5) is 5.69 Å². The van der Waals surface area contributed by atoms with Crippen molar-refractivity contribution >= 4 is 17.3 Å². The minimum Gasteiger partial charge on any atom is -0.497 e. The van der Waals surface area contributed by atoms with E-state index in [-0.39, 0.29) is 5.91 Å². The van der Waals surface area contributed by atoms with E-state index < -0.39 is 6.10 Å². The first-order valence-corrected chi connectivity index (χ1v) is 7.38. The number of amides is 1. The van der Waals surface area contributed by atoms with Gasteiger partial charge in [0, 0.05) is 12.1 Å². The Morgan fingerprint density at radius 2 is 1.96 bits per heavy atom. The third-order valence-electron chi connectivity index (χ3n) is 3.67. The molecule has 0 radical (unpaired) electrons. The van der Waals surface area contributed by atoms with Crippen molar-refractivity contribution in [2.75, 3.05) is 12.4 Å². The van der Waals surface area contributed by atoms with E-state index in [1.54, 1.807) is 31.4 Å². The maximum absolute atomic E-state index is 12.3. The summed E-state index contributed by atoms with van der Waals surface area (Å²) in [5.41, 5.74) is 2.76. The van der Waals surface area contributed by atoms with Gasteiger partial charge in [-0.25, -0.2) is 0 Å². The van der Waals surface area contributed by atoms with Crippen LogP contribution in [0.25, 0.3) is 0 Å². The van der Waals surface area contributed by atoms with Crippen molar-refractivity contribution in [2.45, 2.75) is 12.5 Å². The van der Waals surface area contributed by atoms with Gasteiger partial charge in [0.1, 0.15) is 5.75 Å². The highest BCUT2D eigenvalue weighted by atomic mass is 16.6. The summed E-state index contributed by atoms with van der Waals surface area (Å²) in [5, 5.41) is 15.5. The summed E-state index contributed by atoms with van der Waals surface area (Å²) in [6, 6.07) is 16.1. The van der Waals surface area contributed by atoms with Gasteiger partial charge in [-0.15, -0.1) is 0 Å². The van der Waals surface area contributed by atoms with E-state index in [9.17, 15) is 4.79 Å². The number of oxime groups is 1. The molecule has 120 valence electrons. The minimum absolute atomic E-state index is 0.271. The number of benzene rings is 2. The van der Waals surface area contributed by atoms with Crippen LogP contribution in [-0.2, 0) is 9.63 Å². The SMILES string of the molecule is COc1ccc(C2=NOC(C(=O)Nc3ccc(C#N)cc3)C2)cc1. The number of ether oxygens (including phenoxy) is 1. The molecule has 1 atom stereocenters. The first kappa shape index (κ1) is 15.6. The molecule has 0 saturated heterocycles. The van der Waals surface area contributed by atoms with Crippen LogP contribution in [0.5, 0.6) is 5.75 Å². The van der Waals surface area contributed by atoms with E-state index in [0.717, 1.165) is 17.0 Å². The first-order valence-electron chi connectivity index (χ1n) is 7.38. The highest BCUT2D eigenvalue weighted by Gasteiger charge is 2.28. The van der Waals surface area contributed by atoms with Gasteiger partial charge in [0.2, 0.25) is 6.10 Å². The number of nitrogens with one attached hydrogen (secondary N) is 1. The maximum atomic E-state index is 12.3. The van der Waals surface area contributed by atoms with Crippen LogP contribution in [0.3, 0.4) is 0 Å². The Labute approximate surface area is 139 Å². The molecule has 1 heterocycles. The summed E-state index contributed by atoms with van der Waals surface area (Å²) < 4.78 is 5.12. The summed E-state index contributed by atoms with van der Waals surface area (Å²) in [6.45, 7) is 0. The van der Waals surface area contributed by atoms with Crippen molar-refractivity contribution in [3.8, 4) is 11.8 Å². The van der Waals surface area contributed by atoms with E-state index in [4.69, 9.17) is 14.8 Å². The van der Waals surface area contributed by atoms with Crippen LogP contribution in [0.1, 0.15) is 17.5 Å². The van der Waals surface area contributed by atoms with Gasteiger partial charge in [0.05, 0.1) is 24.5 Å². The lowest BCUT2D eigenvalue weighted by Crippen LogP contribution is -2.28. The molecular weight excluding hydrogens is 306 g/mol. The summed E-state index contributed by atoms with van der Waals surface area (Å²) in [7, 11) is 1.61. The number of rotatable bonds is 4. The molecular formula is C18H15N3O3. The van der Waals surface area contributed by atoms with Crippen molar-refractivity contribution < 1.29 is 14.4 Å². The molecule has 1 amide bonds. The third kappa shape index (κ3) is 3.36. The molecule has 0 spiro atoms. The zero-order chi connectivity index (χ0) is 16.9. The van der Waals surface area contributed by atoms with E-state index >= 15 is 0 Å². The number of anilines is 1. The number of hydrogen-bond acceptors (Lipinski definition) is 5. The van der Waals surface area contributed by atoms with Gasteiger partial charge < -0.3 is 14.9 Å². The zero-order valence-corrected chi connectivity index (χ0v) is 13.0. The maximum Gasteiger partial charge on any atom is 0.268 e. The number of methoxy groups -OCH3 is 1. The minimum atomic E-state index is -0.669. The van der Waals surface area contributed by atoms with Crippen molar-refractivity contribution in [3.63, 3.8) is 0 Å². The largest absolute Gasteiger partial charge is 0.497 e. The molecule has 2 aromatic rings. The quantitative estimate of drug-likeness (QED) is 0.938. The predicted octanol–water partition coefficient (Wildman–Crippen LogP) is 2.70. The second-order valence-corrected chi connectivity index (χ2v) is 5.24. The normalized spacial score (nSPS) is 15.8. The second-order valence-electron chi connectivity index (χ2n) is 5.24. The topological polar surface area (TPSA) is 83.7 Å². The monoisotopic (exact) mass is 321 g/mol. The molecule has 0 fully saturated rings. The van der Waals surface area contributed by atoms with Crippen LogP contribution in [-0.4, -0.2) is 24.8 Å². The number of carbonyl (C=O) groups is 1. The summed E-state index contributed by atoms with van der Waals surface area (Å²) >= 11 is 0. The Hall–Kier alpha value is -3.33.